The zero-order valence-electron chi connectivity index (χ0n) is 19.1. The number of fused-ring (bicyclic) bond motifs is 5. The summed E-state index contributed by atoms with van der Waals surface area (Å²) >= 11 is 0. The molecule has 7 nitrogen and oxygen atoms in total. The Morgan fingerprint density at radius 1 is 0.941 bits per heavy atom. The number of amides is 3. The highest BCUT2D eigenvalue weighted by molar-refractivity contribution is 6.23. The number of morpholine rings is 1. The SMILES string of the molecule is Cc1ccc(NC(=O)c2cc(N3C(=O)[C@@H]4[C@H](C3=O)[C@H]3C=C[C@H]4C3)ccc2N2CCOCC2)cc1. The normalized spacial score (nSPS) is 27.4. The molecule has 0 unspecified atom stereocenters. The second kappa shape index (κ2) is 8.09. The van der Waals surface area contributed by atoms with Gasteiger partial charge in [0, 0.05) is 24.5 Å². The van der Waals surface area contributed by atoms with E-state index in [1.165, 1.54) is 4.90 Å². The van der Waals surface area contributed by atoms with Gasteiger partial charge in [0.2, 0.25) is 11.8 Å². The van der Waals surface area contributed by atoms with Crippen molar-refractivity contribution in [3.8, 4) is 0 Å². The van der Waals surface area contributed by atoms with Gasteiger partial charge < -0.3 is 15.0 Å². The predicted octanol–water partition coefficient (Wildman–Crippen LogP) is 3.40. The van der Waals surface area contributed by atoms with Gasteiger partial charge in [0.25, 0.3) is 5.91 Å². The Labute approximate surface area is 198 Å². The zero-order chi connectivity index (χ0) is 23.4. The average molecular weight is 458 g/mol. The Bertz CT molecular complexity index is 1170. The fourth-order valence-corrected chi connectivity index (χ4v) is 5.92. The standard InChI is InChI=1S/C27H27N3O4/c1-16-2-6-19(7-3-16)28-25(31)21-15-20(8-9-22(21)29-10-12-34-13-11-29)30-26(32)23-17-4-5-18(14-17)24(23)27(30)33/h2-9,15,17-18,23-24H,10-14H2,1H3,(H,28,31)/t17-,18-,23-,24+/m0/s1. The van der Waals surface area contributed by atoms with Crippen LogP contribution in [-0.4, -0.2) is 44.0 Å². The van der Waals surface area contributed by atoms with Crippen LogP contribution in [0.2, 0.25) is 0 Å². The van der Waals surface area contributed by atoms with Crippen molar-refractivity contribution < 1.29 is 19.1 Å². The van der Waals surface area contributed by atoms with Gasteiger partial charge in [-0.3, -0.25) is 14.4 Å². The number of allylic oxidation sites excluding steroid dienone is 2. The number of hydrogen-bond donors (Lipinski definition) is 1. The van der Waals surface area contributed by atoms with Gasteiger partial charge in [-0.05, 0) is 55.5 Å². The molecule has 2 aliphatic heterocycles. The number of nitrogens with zero attached hydrogens (tertiary/aromatic N) is 2. The van der Waals surface area contributed by atoms with Gasteiger partial charge in [0.1, 0.15) is 0 Å². The Morgan fingerprint density at radius 2 is 1.59 bits per heavy atom. The third-order valence-electron chi connectivity index (χ3n) is 7.61. The van der Waals surface area contributed by atoms with Crippen LogP contribution in [0.3, 0.4) is 0 Å². The summed E-state index contributed by atoms with van der Waals surface area (Å²) in [5.74, 6) is -0.806. The highest BCUT2D eigenvalue weighted by Crippen LogP contribution is 2.53. The second-order valence-electron chi connectivity index (χ2n) is 9.63. The maximum Gasteiger partial charge on any atom is 0.257 e. The molecule has 34 heavy (non-hydrogen) atoms. The summed E-state index contributed by atoms with van der Waals surface area (Å²) in [6, 6.07) is 13.0. The molecule has 7 heteroatoms. The number of hydrogen-bond acceptors (Lipinski definition) is 5. The van der Waals surface area contributed by atoms with Gasteiger partial charge in [-0.2, -0.15) is 0 Å². The monoisotopic (exact) mass is 457 g/mol. The van der Waals surface area contributed by atoms with Gasteiger partial charge >= 0.3 is 0 Å². The summed E-state index contributed by atoms with van der Waals surface area (Å²) in [5, 5.41) is 2.97. The molecular formula is C27H27N3O4. The molecule has 6 rings (SSSR count). The van der Waals surface area contributed by atoms with Crippen molar-refractivity contribution in [2.75, 3.05) is 41.4 Å². The maximum atomic E-state index is 13.4. The molecule has 3 fully saturated rings. The van der Waals surface area contributed by atoms with Crippen LogP contribution >= 0.6 is 0 Å². The minimum Gasteiger partial charge on any atom is -0.378 e. The maximum absolute atomic E-state index is 13.4. The quantitative estimate of drug-likeness (QED) is 0.563. The lowest BCUT2D eigenvalue weighted by Crippen LogP contribution is -2.38. The van der Waals surface area contributed by atoms with Crippen molar-refractivity contribution in [3.63, 3.8) is 0 Å². The summed E-state index contributed by atoms with van der Waals surface area (Å²) in [7, 11) is 0. The van der Waals surface area contributed by atoms with Crippen LogP contribution in [0.4, 0.5) is 17.1 Å². The third-order valence-corrected chi connectivity index (χ3v) is 7.61. The molecule has 0 spiro atoms. The van der Waals surface area contributed by atoms with E-state index >= 15 is 0 Å². The summed E-state index contributed by atoms with van der Waals surface area (Å²) in [4.78, 5) is 43.5. The Hall–Kier alpha value is -3.45. The van der Waals surface area contributed by atoms with Crippen molar-refractivity contribution in [1.82, 2.24) is 0 Å². The van der Waals surface area contributed by atoms with Gasteiger partial charge in [0.15, 0.2) is 0 Å². The lowest BCUT2D eigenvalue weighted by Gasteiger charge is -2.31. The molecule has 2 heterocycles. The van der Waals surface area contributed by atoms with E-state index in [2.05, 4.69) is 22.4 Å². The summed E-state index contributed by atoms with van der Waals surface area (Å²) in [6.07, 6.45) is 5.06. The van der Waals surface area contributed by atoms with E-state index in [9.17, 15) is 14.4 Å². The van der Waals surface area contributed by atoms with E-state index in [0.717, 1.165) is 17.7 Å². The smallest absolute Gasteiger partial charge is 0.257 e. The Kier molecular flexibility index (Phi) is 5.03. The largest absolute Gasteiger partial charge is 0.378 e. The molecule has 1 saturated carbocycles. The van der Waals surface area contributed by atoms with Crippen molar-refractivity contribution in [3.05, 3.63) is 65.7 Å². The fraction of sp³-hybridized carbons (Fsp3) is 0.370. The third kappa shape index (κ3) is 3.34. The number of benzene rings is 2. The van der Waals surface area contributed by atoms with Crippen LogP contribution in [0.25, 0.3) is 0 Å². The van der Waals surface area contributed by atoms with Crippen molar-refractivity contribution in [2.24, 2.45) is 23.7 Å². The van der Waals surface area contributed by atoms with Crippen LogP contribution in [0, 0.1) is 30.6 Å². The van der Waals surface area contributed by atoms with E-state index in [-0.39, 0.29) is 41.4 Å². The first kappa shape index (κ1) is 21.1. The van der Waals surface area contributed by atoms with Crippen LogP contribution < -0.4 is 15.1 Å². The van der Waals surface area contributed by atoms with Crippen LogP contribution in [0.5, 0.6) is 0 Å². The van der Waals surface area contributed by atoms with Crippen LogP contribution in [-0.2, 0) is 14.3 Å². The van der Waals surface area contributed by atoms with E-state index in [1.807, 2.05) is 37.3 Å². The topological polar surface area (TPSA) is 79.0 Å². The van der Waals surface area contributed by atoms with Crippen molar-refractivity contribution in [2.45, 2.75) is 13.3 Å². The first-order chi connectivity index (χ1) is 16.5. The molecule has 2 bridgehead atoms. The van der Waals surface area contributed by atoms with Gasteiger partial charge in [-0.25, -0.2) is 4.90 Å². The molecule has 174 valence electrons. The Morgan fingerprint density at radius 3 is 2.24 bits per heavy atom. The highest BCUT2D eigenvalue weighted by Gasteiger charge is 2.59. The number of nitrogens with one attached hydrogen (secondary N) is 1. The number of anilines is 3. The van der Waals surface area contributed by atoms with E-state index in [1.54, 1.807) is 12.1 Å². The summed E-state index contributed by atoms with van der Waals surface area (Å²) in [6.45, 7) is 4.51. The molecule has 2 aromatic rings. The molecular weight excluding hydrogens is 430 g/mol. The zero-order valence-corrected chi connectivity index (χ0v) is 19.1. The lowest BCUT2D eigenvalue weighted by atomic mass is 9.85. The second-order valence-corrected chi connectivity index (χ2v) is 9.63. The molecule has 2 aromatic carbocycles. The molecule has 0 radical (unpaired) electrons. The first-order valence-electron chi connectivity index (χ1n) is 11.9. The first-order valence-corrected chi connectivity index (χ1v) is 11.9. The van der Waals surface area contributed by atoms with Crippen LogP contribution in [0.1, 0.15) is 22.3 Å². The lowest BCUT2D eigenvalue weighted by molar-refractivity contribution is -0.123. The number of rotatable bonds is 4. The van der Waals surface area contributed by atoms with Crippen LogP contribution in [0.15, 0.2) is 54.6 Å². The molecule has 2 saturated heterocycles. The van der Waals surface area contributed by atoms with E-state index in [4.69, 9.17) is 4.74 Å². The molecule has 2 aliphatic carbocycles. The molecule has 0 aromatic heterocycles. The summed E-state index contributed by atoms with van der Waals surface area (Å²) < 4.78 is 5.48. The van der Waals surface area contributed by atoms with Crippen molar-refractivity contribution in [1.29, 1.82) is 0 Å². The highest BCUT2D eigenvalue weighted by atomic mass is 16.5. The number of imide groups is 1. The molecule has 1 N–H and O–H groups in total. The fourth-order valence-electron chi connectivity index (χ4n) is 5.92. The minimum absolute atomic E-state index is 0.143. The minimum atomic E-state index is -0.272. The van der Waals surface area contributed by atoms with Gasteiger partial charge in [-0.1, -0.05) is 29.8 Å². The number of carbonyl (C=O) groups excluding carboxylic acids is 3. The number of carbonyl (C=O) groups is 3. The Balaban J connectivity index is 1.35. The number of aryl methyl sites for hydroxylation is 1. The van der Waals surface area contributed by atoms with Crippen molar-refractivity contribution >= 4 is 34.8 Å². The summed E-state index contributed by atoms with van der Waals surface area (Å²) in [5.41, 5.74) is 3.49. The molecule has 4 atom stereocenters. The molecule has 3 amide bonds. The number of ether oxygens (including phenoxy) is 1. The predicted molar refractivity (Wildman–Crippen MR) is 129 cm³/mol. The average Bonchev–Trinajstić information content (AvgIpc) is 3.54. The van der Waals surface area contributed by atoms with E-state index < -0.39 is 0 Å². The van der Waals surface area contributed by atoms with E-state index in [0.29, 0.717) is 43.2 Å². The van der Waals surface area contributed by atoms with Gasteiger partial charge in [-0.15, -0.1) is 0 Å². The van der Waals surface area contributed by atoms with Gasteiger partial charge in [0.05, 0.1) is 36.3 Å². The molecule has 4 aliphatic rings.